The highest BCUT2D eigenvalue weighted by atomic mass is 35.5. The number of rotatable bonds is 5. The predicted octanol–water partition coefficient (Wildman–Crippen LogP) is 2.67. The van der Waals surface area contributed by atoms with Crippen LogP contribution in [0.5, 0.6) is 0 Å². The number of esters is 1. The van der Waals surface area contributed by atoms with Gasteiger partial charge in [-0.3, -0.25) is 4.79 Å². The van der Waals surface area contributed by atoms with Gasteiger partial charge in [0, 0.05) is 23.5 Å². The summed E-state index contributed by atoms with van der Waals surface area (Å²) >= 11 is 6.91. The quantitative estimate of drug-likeness (QED) is 0.647. The van der Waals surface area contributed by atoms with E-state index in [9.17, 15) is 9.59 Å². The minimum atomic E-state index is -0.639. The highest BCUT2D eigenvalue weighted by Gasteiger charge is 2.19. The summed E-state index contributed by atoms with van der Waals surface area (Å²) in [5, 5.41) is 8.86. The van der Waals surface area contributed by atoms with Gasteiger partial charge < -0.3 is 4.74 Å². The monoisotopic (exact) mass is 364 g/mol. The SMILES string of the molecule is CCCn1nc(C(=O)OCc2nnsc2Cl)c2ccccc2c1=O. The van der Waals surface area contributed by atoms with Crippen molar-refractivity contribution in [2.75, 3.05) is 0 Å². The number of hydrogen-bond acceptors (Lipinski definition) is 7. The van der Waals surface area contributed by atoms with Crippen LogP contribution in [0, 0.1) is 0 Å². The molecule has 2 aromatic heterocycles. The van der Waals surface area contributed by atoms with Gasteiger partial charge in [-0.25, -0.2) is 9.48 Å². The Labute approximate surface area is 146 Å². The summed E-state index contributed by atoms with van der Waals surface area (Å²) in [6.07, 6.45) is 0.722. The third kappa shape index (κ3) is 3.15. The summed E-state index contributed by atoms with van der Waals surface area (Å²) in [5.74, 6) is -0.639. The van der Waals surface area contributed by atoms with E-state index in [4.69, 9.17) is 16.3 Å². The van der Waals surface area contributed by atoms with Crippen molar-refractivity contribution in [3.05, 3.63) is 50.3 Å². The van der Waals surface area contributed by atoms with E-state index in [1.165, 1.54) is 4.68 Å². The van der Waals surface area contributed by atoms with Crippen molar-refractivity contribution in [2.24, 2.45) is 0 Å². The second-order valence-electron chi connectivity index (χ2n) is 4.99. The van der Waals surface area contributed by atoms with Crippen LogP contribution in [-0.4, -0.2) is 25.3 Å². The zero-order chi connectivity index (χ0) is 17.1. The second-order valence-corrected chi connectivity index (χ2v) is 6.35. The number of benzene rings is 1. The Balaban J connectivity index is 1.98. The number of fused-ring (bicyclic) bond motifs is 1. The Morgan fingerprint density at radius 2 is 2.08 bits per heavy atom. The molecule has 9 heteroatoms. The van der Waals surface area contributed by atoms with Gasteiger partial charge in [-0.15, -0.1) is 5.10 Å². The van der Waals surface area contributed by atoms with E-state index < -0.39 is 5.97 Å². The van der Waals surface area contributed by atoms with Crippen LogP contribution in [0.4, 0.5) is 0 Å². The first-order valence-electron chi connectivity index (χ1n) is 7.25. The molecule has 0 amide bonds. The average Bonchev–Trinajstić information content (AvgIpc) is 3.00. The van der Waals surface area contributed by atoms with E-state index in [1.807, 2.05) is 6.92 Å². The molecular weight excluding hydrogens is 352 g/mol. The number of aromatic nitrogens is 4. The molecule has 124 valence electrons. The molecule has 0 aliphatic carbocycles. The lowest BCUT2D eigenvalue weighted by Crippen LogP contribution is -2.26. The zero-order valence-corrected chi connectivity index (χ0v) is 14.3. The van der Waals surface area contributed by atoms with Gasteiger partial charge >= 0.3 is 5.97 Å². The van der Waals surface area contributed by atoms with Crippen molar-refractivity contribution in [2.45, 2.75) is 26.5 Å². The maximum absolute atomic E-state index is 12.4. The van der Waals surface area contributed by atoms with Crippen LogP contribution in [0.25, 0.3) is 10.8 Å². The molecule has 0 aliphatic rings. The molecule has 0 saturated carbocycles. The van der Waals surface area contributed by atoms with Gasteiger partial charge in [0.25, 0.3) is 5.56 Å². The molecule has 0 atom stereocenters. The molecule has 0 N–H and O–H groups in total. The van der Waals surface area contributed by atoms with Crippen molar-refractivity contribution in [3.63, 3.8) is 0 Å². The highest BCUT2D eigenvalue weighted by Crippen LogP contribution is 2.19. The number of aryl methyl sites for hydroxylation is 1. The first kappa shape index (κ1) is 16.5. The number of carbonyl (C=O) groups excluding carboxylic acids is 1. The Kier molecular flexibility index (Phi) is 4.86. The maximum atomic E-state index is 12.4. The molecule has 0 saturated heterocycles. The van der Waals surface area contributed by atoms with E-state index in [0.717, 1.165) is 18.0 Å². The second kappa shape index (κ2) is 7.06. The molecule has 24 heavy (non-hydrogen) atoms. The Bertz CT molecular complexity index is 953. The summed E-state index contributed by atoms with van der Waals surface area (Å²) < 4.78 is 10.6. The third-order valence-electron chi connectivity index (χ3n) is 3.35. The number of nitrogens with zero attached hydrogens (tertiary/aromatic N) is 4. The molecule has 7 nitrogen and oxygen atoms in total. The van der Waals surface area contributed by atoms with Gasteiger partial charge in [-0.05, 0) is 12.5 Å². The highest BCUT2D eigenvalue weighted by molar-refractivity contribution is 7.10. The molecule has 3 aromatic rings. The van der Waals surface area contributed by atoms with Crippen molar-refractivity contribution < 1.29 is 9.53 Å². The van der Waals surface area contributed by atoms with Crippen LogP contribution >= 0.6 is 23.1 Å². The summed E-state index contributed by atoms with van der Waals surface area (Å²) in [7, 11) is 0. The molecule has 3 rings (SSSR count). The predicted molar refractivity (Wildman–Crippen MR) is 90.3 cm³/mol. The van der Waals surface area contributed by atoms with Gasteiger partial charge in [0.1, 0.15) is 16.6 Å². The van der Waals surface area contributed by atoms with Crippen LogP contribution in [0.3, 0.4) is 0 Å². The first-order valence-corrected chi connectivity index (χ1v) is 8.40. The normalized spacial score (nSPS) is 10.9. The van der Waals surface area contributed by atoms with Crippen molar-refractivity contribution in [1.82, 2.24) is 19.4 Å². The Morgan fingerprint density at radius 3 is 2.75 bits per heavy atom. The molecule has 0 aliphatic heterocycles. The summed E-state index contributed by atoms with van der Waals surface area (Å²) in [4.78, 5) is 24.8. The fraction of sp³-hybridized carbons (Fsp3) is 0.267. The largest absolute Gasteiger partial charge is 0.454 e. The summed E-state index contributed by atoms with van der Waals surface area (Å²) in [5.41, 5.74) is 0.259. The molecule has 0 unspecified atom stereocenters. The van der Waals surface area contributed by atoms with Crippen molar-refractivity contribution in [3.8, 4) is 0 Å². The van der Waals surface area contributed by atoms with Crippen LogP contribution in [0.1, 0.15) is 29.5 Å². The lowest BCUT2D eigenvalue weighted by molar-refractivity contribution is 0.0460. The van der Waals surface area contributed by atoms with Crippen LogP contribution in [0.2, 0.25) is 4.34 Å². The van der Waals surface area contributed by atoms with Gasteiger partial charge in [-0.1, -0.05) is 41.2 Å². The lowest BCUT2D eigenvalue weighted by atomic mass is 10.1. The minimum Gasteiger partial charge on any atom is -0.454 e. The lowest BCUT2D eigenvalue weighted by Gasteiger charge is -2.09. The van der Waals surface area contributed by atoms with E-state index >= 15 is 0 Å². The van der Waals surface area contributed by atoms with E-state index in [0.29, 0.717) is 27.3 Å². The molecule has 0 fully saturated rings. The van der Waals surface area contributed by atoms with Gasteiger partial charge in [0.05, 0.1) is 5.39 Å². The third-order valence-corrected chi connectivity index (χ3v) is 4.33. The minimum absolute atomic E-state index is 0.0953. The average molecular weight is 365 g/mol. The van der Waals surface area contributed by atoms with Gasteiger partial charge in [-0.2, -0.15) is 5.10 Å². The van der Waals surface area contributed by atoms with Crippen molar-refractivity contribution >= 4 is 39.9 Å². The first-order chi connectivity index (χ1) is 11.6. The standard InChI is InChI=1S/C15H13ClN4O3S/c1-2-7-20-14(21)10-6-4-3-5-9(10)12(18-20)15(22)23-8-11-13(16)24-19-17-11/h3-6H,2,7-8H2,1H3. The molecule has 0 radical (unpaired) electrons. The maximum Gasteiger partial charge on any atom is 0.359 e. The van der Waals surface area contributed by atoms with Crippen LogP contribution < -0.4 is 5.56 Å². The number of hydrogen-bond donors (Lipinski definition) is 0. The van der Waals surface area contributed by atoms with Gasteiger partial charge in [0.2, 0.25) is 0 Å². The summed E-state index contributed by atoms with van der Waals surface area (Å²) in [6.45, 7) is 2.25. The fourth-order valence-electron chi connectivity index (χ4n) is 2.23. The smallest absolute Gasteiger partial charge is 0.359 e. The van der Waals surface area contributed by atoms with E-state index in [2.05, 4.69) is 14.7 Å². The molecular formula is C15H13ClN4O3S. The zero-order valence-electron chi connectivity index (χ0n) is 12.7. The summed E-state index contributed by atoms with van der Waals surface area (Å²) in [6, 6.07) is 6.83. The van der Waals surface area contributed by atoms with E-state index in [-0.39, 0.29) is 17.9 Å². The number of carbonyl (C=O) groups is 1. The number of halogens is 1. The van der Waals surface area contributed by atoms with E-state index in [1.54, 1.807) is 24.3 Å². The Hall–Kier alpha value is -2.32. The molecule has 2 heterocycles. The molecule has 0 bridgehead atoms. The van der Waals surface area contributed by atoms with Gasteiger partial charge in [0.15, 0.2) is 5.69 Å². The Morgan fingerprint density at radius 1 is 1.33 bits per heavy atom. The fourth-order valence-corrected chi connectivity index (χ4v) is 2.84. The van der Waals surface area contributed by atoms with Crippen LogP contribution in [-0.2, 0) is 17.9 Å². The van der Waals surface area contributed by atoms with Crippen LogP contribution in [0.15, 0.2) is 29.1 Å². The van der Waals surface area contributed by atoms with Crippen molar-refractivity contribution in [1.29, 1.82) is 0 Å². The molecule has 1 aromatic carbocycles. The number of ether oxygens (including phenoxy) is 1. The molecule has 0 spiro atoms. The topological polar surface area (TPSA) is 87.0 Å².